The minimum absolute atomic E-state index is 0.162. The van der Waals surface area contributed by atoms with E-state index in [1.54, 1.807) is 0 Å². The van der Waals surface area contributed by atoms with Gasteiger partial charge in [0.25, 0.3) is 11.8 Å². The van der Waals surface area contributed by atoms with Gasteiger partial charge in [-0.05, 0) is 18.4 Å². The van der Waals surface area contributed by atoms with Crippen LogP contribution in [0.5, 0.6) is 0 Å². The lowest BCUT2D eigenvalue weighted by Gasteiger charge is -2.49. The number of hydrogen-bond donors (Lipinski definition) is 3. The number of aromatic nitrogens is 1. The molecular weight excluding hydrogens is 490 g/mol. The SMILES string of the molecule is CON=C(C(=O)N[C@@H]1C(=O)N2C(C(=O)O)=C([C@@H]3CC[C@H](C(=O)OC)O3)CS[C@H]12)c1csc(N)n1. The fraction of sp³-hybridized carbons (Fsp3) is 0.474. The van der Waals surface area contributed by atoms with Gasteiger partial charge in [-0.3, -0.25) is 14.5 Å². The summed E-state index contributed by atoms with van der Waals surface area (Å²) in [6, 6.07) is -0.973. The molecule has 0 aromatic carbocycles. The first-order valence-corrected chi connectivity index (χ1v) is 12.0. The first-order valence-electron chi connectivity index (χ1n) is 10.0. The van der Waals surface area contributed by atoms with Crippen molar-refractivity contribution in [3.8, 4) is 0 Å². The average Bonchev–Trinajstić information content (AvgIpc) is 3.48. The van der Waals surface area contributed by atoms with E-state index in [4.69, 9.17) is 20.0 Å². The number of rotatable bonds is 7. The minimum Gasteiger partial charge on any atom is -0.477 e. The van der Waals surface area contributed by atoms with Gasteiger partial charge in [-0.2, -0.15) is 0 Å². The number of nitrogens with one attached hydrogen (secondary N) is 1. The van der Waals surface area contributed by atoms with Crippen molar-refractivity contribution in [1.82, 2.24) is 15.2 Å². The zero-order chi connectivity index (χ0) is 24.6. The van der Waals surface area contributed by atoms with E-state index in [9.17, 15) is 24.3 Å². The van der Waals surface area contributed by atoms with Crippen LogP contribution in [0.15, 0.2) is 21.8 Å². The molecular formula is C19H21N5O8S2. The standard InChI is InChI=1S/C19H21N5O8S2/c1-30-18(29)10-4-3-9(32-10)7-5-33-16-12(15(26)24(16)13(7)17(27)28)22-14(25)11(23-31-2)8-6-34-19(20)21-8/h6,9-10,12,16H,3-5H2,1-2H3,(H2,20,21)(H,22,25)(H,27,28)/t9-,10+,12+,16+/m0/s1. The Morgan fingerprint density at radius 2 is 2.12 bits per heavy atom. The molecule has 0 unspecified atom stereocenters. The van der Waals surface area contributed by atoms with E-state index in [2.05, 4.69) is 15.5 Å². The molecule has 0 saturated carbocycles. The second-order valence-corrected chi connectivity index (χ2v) is 9.44. The van der Waals surface area contributed by atoms with Crippen LogP contribution in [-0.2, 0) is 33.5 Å². The van der Waals surface area contributed by atoms with Crippen LogP contribution in [0.2, 0.25) is 0 Å². The predicted molar refractivity (Wildman–Crippen MR) is 120 cm³/mol. The van der Waals surface area contributed by atoms with Gasteiger partial charge in [0.15, 0.2) is 16.9 Å². The monoisotopic (exact) mass is 511 g/mol. The highest BCUT2D eigenvalue weighted by molar-refractivity contribution is 8.00. The van der Waals surface area contributed by atoms with Gasteiger partial charge >= 0.3 is 11.9 Å². The summed E-state index contributed by atoms with van der Waals surface area (Å²) >= 11 is 2.40. The van der Waals surface area contributed by atoms with Gasteiger partial charge in [0.1, 0.15) is 29.9 Å². The van der Waals surface area contributed by atoms with Crippen molar-refractivity contribution in [2.24, 2.45) is 5.16 Å². The average molecular weight is 512 g/mol. The van der Waals surface area contributed by atoms with Gasteiger partial charge in [-0.1, -0.05) is 5.16 Å². The van der Waals surface area contributed by atoms with Gasteiger partial charge in [0, 0.05) is 11.1 Å². The van der Waals surface area contributed by atoms with Crippen LogP contribution >= 0.6 is 23.1 Å². The third-order valence-electron chi connectivity index (χ3n) is 5.52. The van der Waals surface area contributed by atoms with Crippen molar-refractivity contribution in [3.05, 3.63) is 22.3 Å². The van der Waals surface area contributed by atoms with E-state index in [-0.39, 0.29) is 28.0 Å². The Bertz CT molecular complexity index is 1100. The Morgan fingerprint density at radius 3 is 2.74 bits per heavy atom. The summed E-state index contributed by atoms with van der Waals surface area (Å²) in [4.78, 5) is 59.5. The number of aliphatic carboxylic acids is 1. The highest BCUT2D eigenvalue weighted by atomic mass is 32.2. The molecule has 2 saturated heterocycles. The number of methoxy groups -OCH3 is 1. The molecule has 0 bridgehead atoms. The van der Waals surface area contributed by atoms with Gasteiger partial charge in [0.05, 0.1) is 13.2 Å². The van der Waals surface area contributed by atoms with Crippen LogP contribution < -0.4 is 11.1 Å². The molecule has 3 aliphatic heterocycles. The number of thiazole rings is 1. The molecule has 2 amide bonds. The van der Waals surface area contributed by atoms with Gasteiger partial charge < -0.3 is 30.5 Å². The fourth-order valence-electron chi connectivity index (χ4n) is 3.99. The topological polar surface area (TPSA) is 183 Å². The van der Waals surface area contributed by atoms with E-state index in [0.29, 0.717) is 18.4 Å². The van der Waals surface area contributed by atoms with Gasteiger partial charge in [-0.25, -0.2) is 14.6 Å². The number of carbonyl (C=O) groups is 4. The Morgan fingerprint density at radius 1 is 1.35 bits per heavy atom. The summed E-state index contributed by atoms with van der Waals surface area (Å²) in [5.74, 6) is -2.86. The number of carbonyl (C=O) groups excluding carboxylic acids is 3. The smallest absolute Gasteiger partial charge is 0.352 e. The third-order valence-corrected chi connectivity index (χ3v) is 7.50. The molecule has 1 aromatic heterocycles. The summed E-state index contributed by atoms with van der Waals surface area (Å²) in [6.07, 6.45) is -0.595. The lowest BCUT2D eigenvalue weighted by atomic mass is 9.99. The first-order chi connectivity index (χ1) is 16.3. The molecule has 0 aliphatic carbocycles. The molecule has 34 heavy (non-hydrogen) atoms. The zero-order valence-electron chi connectivity index (χ0n) is 18.0. The number of ether oxygens (including phenoxy) is 2. The van der Waals surface area contributed by atoms with E-state index in [1.807, 2.05) is 0 Å². The number of hydrogen-bond acceptors (Lipinski definition) is 12. The largest absolute Gasteiger partial charge is 0.477 e. The molecule has 182 valence electrons. The zero-order valence-corrected chi connectivity index (χ0v) is 19.7. The maximum atomic E-state index is 12.9. The highest BCUT2D eigenvalue weighted by Gasteiger charge is 2.55. The van der Waals surface area contributed by atoms with E-state index in [0.717, 1.165) is 16.2 Å². The molecule has 0 spiro atoms. The summed E-state index contributed by atoms with van der Waals surface area (Å²) in [6.45, 7) is 0. The van der Waals surface area contributed by atoms with Crippen LogP contribution in [0.1, 0.15) is 18.5 Å². The van der Waals surface area contributed by atoms with Crippen molar-refractivity contribution < 1.29 is 38.6 Å². The molecule has 15 heteroatoms. The lowest BCUT2D eigenvalue weighted by molar-refractivity contribution is -0.153. The maximum Gasteiger partial charge on any atom is 0.352 e. The van der Waals surface area contributed by atoms with Crippen LogP contribution in [0.25, 0.3) is 0 Å². The number of nitrogen functional groups attached to an aromatic ring is 1. The highest BCUT2D eigenvalue weighted by Crippen LogP contribution is 2.43. The molecule has 2 fully saturated rings. The number of nitrogens with zero attached hydrogens (tertiary/aromatic N) is 3. The second-order valence-electron chi connectivity index (χ2n) is 7.45. The molecule has 4 heterocycles. The number of nitrogens with two attached hydrogens (primary N) is 1. The van der Waals surface area contributed by atoms with Crippen molar-refractivity contribution in [2.45, 2.75) is 36.5 Å². The molecule has 1 aromatic rings. The van der Waals surface area contributed by atoms with Crippen LogP contribution in [0.4, 0.5) is 5.13 Å². The third kappa shape index (κ3) is 4.21. The summed E-state index contributed by atoms with van der Waals surface area (Å²) < 4.78 is 10.4. The molecule has 0 radical (unpaired) electrons. The number of fused-ring (bicyclic) bond motifs is 1. The van der Waals surface area contributed by atoms with Gasteiger partial charge in [-0.15, -0.1) is 23.1 Å². The summed E-state index contributed by atoms with van der Waals surface area (Å²) in [5.41, 5.74) is 5.88. The van der Waals surface area contributed by atoms with Crippen molar-refractivity contribution in [1.29, 1.82) is 0 Å². The predicted octanol–water partition coefficient (Wildman–Crippen LogP) is -0.465. The number of carboxylic acids is 1. The Labute approximate surface area is 201 Å². The number of β-lactam (4-membered cyclic amide) rings is 1. The van der Waals surface area contributed by atoms with E-state index < -0.39 is 47.4 Å². The van der Waals surface area contributed by atoms with E-state index in [1.165, 1.54) is 31.4 Å². The molecule has 4 N–H and O–H groups in total. The van der Waals surface area contributed by atoms with Crippen LogP contribution in [0.3, 0.4) is 0 Å². The Hall–Kier alpha value is -3.17. The number of thioether (sulfide) groups is 1. The number of amides is 2. The molecule has 4 rings (SSSR count). The quantitative estimate of drug-likeness (QED) is 0.186. The number of carboxylic acid groups (broad SMARTS) is 1. The Kier molecular flexibility index (Phi) is 6.77. The van der Waals surface area contributed by atoms with E-state index >= 15 is 0 Å². The Balaban J connectivity index is 1.51. The summed E-state index contributed by atoms with van der Waals surface area (Å²) in [7, 11) is 2.51. The first kappa shape index (κ1) is 24.0. The second kappa shape index (κ2) is 9.60. The van der Waals surface area contributed by atoms with Crippen LogP contribution in [0, 0.1) is 0 Å². The number of anilines is 1. The van der Waals surface area contributed by atoms with Gasteiger partial charge in [0.2, 0.25) is 0 Å². The summed E-state index contributed by atoms with van der Waals surface area (Å²) in [5, 5.41) is 17.3. The molecule has 4 atom stereocenters. The number of oxime groups is 1. The molecule has 13 nitrogen and oxygen atoms in total. The normalized spacial score (nSPS) is 26.6. The minimum atomic E-state index is -1.29. The van der Waals surface area contributed by atoms with Crippen molar-refractivity contribution in [2.75, 3.05) is 25.7 Å². The maximum absolute atomic E-state index is 12.9. The molecule has 3 aliphatic rings. The fourth-order valence-corrected chi connectivity index (χ4v) is 5.95. The van der Waals surface area contributed by atoms with Crippen LogP contribution in [-0.4, -0.2) is 88.1 Å². The number of esters is 1. The lowest BCUT2D eigenvalue weighted by Crippen LogP contribution is -2.71. The van der Waals surface area contributed by atoms with Crippen molar-refractivity contribution in [3.63, 3.8) is 0 Å². The van der Waals surface area contributed by atoms with Crippen molar-refractivity contribution >= 4 is 57.7 Å².